The molecule has 1 aromatic heterocycles. The molecule has 2 fully saturated rings. The van der Waals surface area contributed by atoms with Gasteiger partial charge in [-0.2, -0.15) is 0 Å². The maximum Gasteiger partial charge on any atom is 0.234 e. The Morgan fingerprint density at radius 2 is 2.14 bits per heavy atom. The quantitative estimate of drug-likeness (QED) is 0.781. The molecule has 0 radical (unpaired) electrons. The van der Waals surface area contributed by atoms with Gasteiger partial charge in [0.2, 0.25) is 5.91 Å². The molecule has 6 nitrogen and oxygen atoms in total. The van der Waals surface area contributed by atoms with E-state index in [1.165, 1.54) is 0 Å². The molecule has 1 aliphatic carbocycles. The largest absolute Gasteiger partial charge is 0.496 e. The molecule has 4 rings (SSSR count). The van der Waals surface area contributed by atoms with Crippen LogP contribution < -0.4 is 10.1 Å². The van der Waals surface area contributed by atoms with Gasteiger partial charge in [0, 0.05) is 24.1 Å². The second-order valence-electron chi connectivity index (χ2n) is 8.22. The van der Waals surface area contributed by atoms with E-state index in [2.05, 4.69) is 16.3 Å². The molecule has 0 unspecified atom stereocenters. The second-order valence-corrected chi connectivity index (χ2v) is 8.22. The molecule has 2 aromatic rings. The third-order valence-corrected chi connectivity index (χ3v) is 6.52. The van der Waals surface area contributed by atoms with Gasteiger partial charge in [-0.25, -0.2) is 0 Å². The van der Waals surface area contributed by atoms with E-state index in [9.17, 15) is 9.90 Å². The fraction of sp³-hybridized carbons (Fsp3) is 0.522. The number of hydrogen-bond donors (Lipinski definition) is 2. The summed E-state index contributed by atoms with van der Waals surface area (Å²) in [6, 6.07) is 11.6. The Bertz CT molecular complexity index is 822. The summed E-state index contributed by atoms with van der Waals surface area (Å²) in [6.45, 7) is 1.35. The van der Waals surface area contributed by atoms with Crippen LogP contribution in [0.4, 0.5) is 0 Å². The van der Waals surface area contributed by atoms with Crippen molar-refractivity contribution in [2.45, 2.75) is 50.3 Å². The predicted octanol–water partition coefficient (Wildman–Crippen LogP) is 3.27. The summed E-state index contributed by atoms with van der Waals surface area (Å²) in [7, 11) is 1.68. The monoisotopic (exact) mass is 398 g/mol. The summed E-state index contributed by atoms with van der Waals surface area (Å²) in [5.74, 6) is 1.61. The van der Waals surface area contributed by atoms with E-state index in [1.54, 1.807) is 13.4 Å². The average Bonchev–Trinajstić information content (AvgIpc) is 3.26. The molecule has 29 heavy (non-hydrogen) atoms. The number of ether oxygens (including phenoxy) is 1. The molecule has 1 aromatic carbocycles. The first kappa shape index (κ1) is 20.0. The van der Waals surface area contributed by atoms with Crippen LogP contribution in [-0.2, 0) is 11.3 Å². The van der Waals surface area contributed by atoms with Gasteiger partial charge in [-0.3, -0.25) is 9.69 Å². The van der Waals surface area contributed by atoms with Gasteiger partial charge in [0.1, 0.15) is 11.5 Å². The lowest BCUT2D eigenvalue weighted by molar-refractivity contribution is -0.138. The minimum atomic E-state index is -0.662. The second kappa shape index (κ2) is 8.59. The standard InChI is InChI=1S/C23H30N2O4/c1-28-20-10-3-2-8-18(20)22-19-9-4-5-11-23(19,27)12-13-25(22)16-21(26)24-15-17-7-6-14-29-17/h2-3,6-8,10,14,19,22,27H,4-5,9,11-13,15-16H2,1H3,(H,24,26)/t19-,22-,23+/m0/s1. The number of aliphatic hydroxyl groups is 1. The number of benzene rings is 1. The summed E-state index contributed by atoms with van der Waals surface area (Å²) in [6.07, 6.45) is 6.28. The summed E-state index contributed by atoms with van der Waals surface area (Å²) in [5, 5.41) is 14.3. The summed E-state index contributed by atoms with van der Waals surface area (Å²) in [5.41, 5.74) is 0.393. The number of para-hydroxylation sites is 1. The van der Waals surface area contributed by atoms with Crippen LogP contribution in [0, 0.1) is 5.92 Å². The van der Waals surface area contributed by atoms with Crippen molar-refractivity contribution in [3.8, 4) is 5.75 Å². The third-order valence-electron chi connectivity index (χ3n) is 6.52. The zero-order chi connectivity index (χ0) is 20.3. The predicted molar refractivity (Wildman–Crippen MR) is 109 cm³/mol. The van der Waals surface area contributed by atoms with Gasteiger partial charge in [0.25, 0.3) is 0 Å². The number of methoxy groups -OCH3 is 1. The van der Waals surface area contributed by atoms with Crippen LogP contribution in [0.25, 0.3) is 0 Å². The summed E-state index contributed by atoms with van der Waals surface area (Å²) < 4.78 is 10.9. The van der Waals surface area contributed by atoms with Crippen molar-refractivity contribution in [1.82, 2.24) is 10.2 Å². The van der Waals surface area contributed by atoms with Crippen molar-refractivity contribution in [3.63, 3.8) is 0 Å². The molecule has 1 saturated heterocycles. The lowest BCUT2D eigenvalue weighted by Crippen LogP contribution is -2.56. The molecule has 3 atom stereocenters. The van der Waals surface area contributed by atoms with Crippen LogP contribution in [0.5, 0.6) is 5.75 Å². The van der Waals surface area contributed by atoms with Crippen molar-refractivity contribution >= 4 is 5.91 Å². The molecule has 156 valence electrons. The third kappa shape index (κ3) is 4.19. The van der Waals surface area contributed by atoms with E-state index in [0.717, 1.165) is 42.8 Å². The van der Waals surface area contributed by atoms with E-state index in [1.807, 2.05) is 30.3 Å². The normalized spacial score (nSPS) is 27.2. The number of fused-ring (bicyclic) bond motifs is 1. The number of furan rings is 1. The Morgan fingerprint density at radius 1 is 1.28 bits per heavy atom. The highest BCUT2D eigenvalue weighted by Gasteiger charge is 2.49. The highest BCUT2D eigenvalue weighted by molar-refractivity contribution is 5.78. The number of nitrogens with zero attached hydrogens (tertiary/aromatic N) is 1. The highest BCUT2D eigenvalue weighted by Crippen LogP contribution is 2.50. The van der Waals surface area contributed by atoms with Crippen LogP contribution in [-0.4, -0.2) is 41.7 Å². The Labute approximate surface area is 171 Å². The molecule has 2 N–H and O–H groups in total. The lowest BCUT2D eigenvalue weighted by atomic mass is 9.66. The fourth-order valence-corrected chi connectivity index (χ4v) is 5.08. The van der Waals surface area contributed by atoms with Gasteiger partial charge in [-0.1, -0.05) is 31.0 Å². The Hall–Kier alpha value is -2.31. The van der Waals surface area contributed by atoms with Crippen molar-refractivity contribution in [1.29, 1.82) is 0 Å². The smallest absolute Gasteiger partial charge is 0.234 e. The molecule has 1 amide bonds. The number of amides is 1. The van der Waals surface area contributed by atoms with Gasteiger partial charge >= 0.3 is 0 Å². The molecule has 6 heteroatoms. The van der Waals surface area contributed by atoms with E-state index in [0.29, 0.717) is 19.5 Å². The van der Waals surface area contributed by atoms with E-state index < -0.39 is 5.60 Å². The lowest BCUT2D eigenvalue weighted by Gasteiger charge is -2.52. The van der Waals surface area contributed by atoms with Crippen molar-refractivity contribution < 1.29 is 19.1 Å². The fourth-order valence-electron chi connectivity index (χ4n) is 5.08. The number of nitrogens with one attached hydrogen (secondary N) is 1. The number of likely N-dealkylation sites (tertiary alicyclic amines) is 1. The maximum atomic E-state index is 12.7. The minimum absolute atomic E-state index is 0.0393. The summed E-state index contributed by atoms with van der Waals surface area (Å²) in [4.78, 5) is 14.9. The van der Waals surface area contributed by atoms with Crippen LogP contribution in [0.3, 0.4) is 0 Å². The minimum Gasteiger partial charge on any atom is -0.496 e. The number of piperidine rings is 1. The number of carbonyl (C=O) groups is 1. The van der Waals surface area contributed by atoms with E-state index >= 15 is 0 Å². The Balaban J connectivity index is 1.56. The first-order valence-electron chi connectivity index (χ1n) is 10.5. The summed E-state index contributed by atoms with van der Waals surface area (Å²) >= 11 is 0. The Kier molecular flexibility index (Phi) is 5.92. The van der Waals surface area contributed by atoms with Gasteiger partial charge < -0.3 is 19.6 Å². The first-order valence-corrected chi connectivity index (χ1v) is 10.5. The van der Waals surface area contributed by atoms with Gasteiger partial charge in [0.05, 0.1) is 32.1 Å². The van der Waals surface area contributed by atoms with Crippen molar-refractivity contribution in [3.05, 3.63) is 54.0 Å². The van der Waals surface area contributed by atoms with Gasteiger partial charge in [-0.15, -0.1) is 0 Å². The van der Waals surface area contributed by atoms with Crippen LogP contribution in [0.2, 0.25) is 0 Å². The van der Waals surface area contributed by atoms with Crippen LogP contribution in [0.15, 0.2) is 47.1 Å². The molecule has 0 spiro atoms. The zero-order valence-electron chi connectivity index (χ0n) is 17.0. The van der Waals surface area contributed by atoms with Crippen LogP contribution in [0.1, 0.15) is 49.5 Å². The molecular formula is C23H30N2O4. The zero-order valence-corrected chi connectivity index (χ0v) is 17.0. The van der Waals surface area contributed by atoms with E-state index in [4.69, 9.17) is 9.15 Å². The maximum absolute atomic E-state index is 12.7. The molecule has 1 saturated carbocycles. The molecule has 2 heterocycles. The SMILES string of the molecule is COc1ccccc1[C@H]1[C@@H]2CCCC[C@@]2(O)CCN1CC(=O)NCc1ccco1. The molecular weight excluding hydrogens is 368 g/mol. The van der Waals surface area contributed by atoms with Crippen molar-refractivity contribution in [2.24, 2.45) is 5.92 Å². The topological polar surface area (TPSA) is 74.9 Å². The average molecular weight is 399 g/mol. The molecule has 1 aliphatic heterocycles. The van der Waals surface area contributed by atoms with Crippen molar-refractivity contribution in [2.75, 3.05) is 20.2 Å². The molecule has 0 bridgehead atoms. The molecule has 2 aliphatic rings. The first-order chi connectivity index (χ1) is 14.1. The highest BCUT2D eigenvalue weighted by atomic mass is 16.5. The van der Waals surface area contributed by atoms with Crippen LogP contribution >= 0.6 is 0 Å². The number of hydrogen-bond acceptors (Lipinski definition) is 5. The number of rotatable bonds is 6. The van der Waals surface area contributed by atoms with E-state index in [-0.39, 0.29) is 24.4 Å². The van der Waals surface area contributed by atoms with Gasteiger partial charge in [-0.05, 0) is 37.5 Å². The Morgan fingerprint density at radius 3 is 2.93 bits per heavy atom. The van der Waals surface area contributed by atoms with Gasteiger partial charge in [0.15, 0.2) is 0 Å². The number of carbonyl (C=O) groups excluding carboxylic acids is 1.